The molecule has 0 aromatic heterocycles. The summed E-state index contributed by atoms with van der Waals surface area (Å²) in [5.74, 6) is 0.892. The zero-order valence-electron chi connectivity index (χ0n) is 10.5. The third kappa shape index (κ3) is 4.52. The molecule has 0 aromatic carbocycles. The largest absolute Gasteiger partial charge is 0.353 e. The molecule has 3 nitrogen and oxygen atoms in total. The molecule has 1 unspecified atom stereocenters. The van der Waals surface area contributed by atoms with Crippen molar-refractivity contribution in [3.63, 3.8) is 0 Å². The van der Waals surface area contributed by atoms with Crippen LogP contribution < -0.4 is 11.1 Å². The lowest BCUT2D eigenvalue weighted by molar-refractivity contribution is -0.122. The maximum atomic E-state index is 11.6. The molecule has 0 bridgehead atoms. The first-order valence-electron chi connectivity index (χ1n) is 6.77. The third-order valence-corrected chi connectivity index (χ3v) is 3.61. The van der Waals surface area contributed by atoms with Gasteiger partial charge in [0.2, 0.25) is 5.91 Å². The number of rotatable bonds is 6. The molecule has 1 aliphatic carbocycles. The van der Waals surface area contributed by atoms with Crippen LogP contribution in [0.25, 0.3) is 0 Å². The molecule has 1 aliphatic rings. The van der Waals surface area contributed by atoms with Gasteiger partial charge in [-0.15, -0.1) is 0 Å². The molecule has 0 saturated heterocycles. The molecule has 3 heteroatoms. The van der Waals surface area contributed by atoms with Gasteiger partial charge in [0, 0.05) is 12.5 Å². The van der Waals surface area contributed by atoms with E-state index in [1.54, 1.807) is 0 Å². The monoisotopic (exact) mass is 226 g/mol. The SMILES string of the molecule is CCC(NC(=O)CCCN)C1CCCCC1. The van der Waals surface area contributed by atoms with Crippen LogP contribution in [-0.4, -0.2) is 18.5 Å². The molecule has 0 aliphatic heterocycles. The van der Waals surface area contributed by atoms with Crippen LogP contribution in [0.4, 0.5) is 0 Å². The minimum Gasteiger partial charge on any atom is -0.353 e. The van der Waals surface area contributed by atoms with Gasteiger partial charge in [-0.3, -0.25) is 4.79 Å². The third-order valence-electron chi connectivity index (χ3n) is 3.61. The van der Waals surface area contributed by atoms with Crippen molar-refractivity contribution < 1.29 is 4.79 Å². The minimum absolute atomic E-state index is 0.183. The number of carbonyl (C=O) groups excluding carboxylic acids is 1. The highest BCUT2D eigenvalue weighted by atomic mass is 16.1. The van der Waals surface area contributed by atoms with E-state index in [0.29, 0.717) is 24.9 Å². The van der Waals surface area contributed by atoms with Crippen molar-refractivity contribution in [1.82, 2.24) is 5.32 Å². The summed E-state index contributed by atoms with van der Waals surface area (Å²) in [6, 6.07) is 0.394. The van der Waals surface area contributed by atoms with E-state index in [2.05, 4.69) is 12.2 Å². The van der Waals surface area contributed by atoms with Gasteiger partial charge in [0.1, 0.15) is 0 Å². The second-order valence-electron chi connectivity index (χ2n) is 4.87. The van der Waals surface area contributed by atoms with Gasteiger partial charge in [-0.25, -0.2) is 0 Å². The molecular weight excluding hydrogens is 200 g/mol. The zero-order chi connectivity index (χ0) is 11.8. The van der Waals surface area contributed by atoms with Crippen molar-refractivity contribution >= 4 is 5.91 Å². The maximum Gasteiger partial charge on any atom is 0.220 e. The van der Waals surface area contributed by atoms with E-state index in [-0.39, 0.29) is 5.91 Å². The predicted molar refractivity (Wildman–Crippen MR) is 67.1 cm³/mol. The Labute approximate surface area is 99.2 Å². The average Bonchev–Trinajstić information content (AvgIpc) is 2.34. The van der Waals surface area contributed by atoms with Crippen molar-refractivity contribution in [3.05, 3.63) is 0 Å². The first-order chi connectivity index (χ1) is 7.77. The number of hydrogen-bond acceptors (Lipinski definition) is 2. The van der Waals surface area contributed by atoms with Gasteiger partial charge in [0.25, 0.3) is 0 Å². The molecule has 0 spiro atoms. The standard InChI is InChI=1S/C13H26N2O/c1-2-12(11-7-4-3-5-8-11)15-13(16)9-6-10-14/h11-12H,2-10,14H2,1H3,(H,15,16). The van der Waals surface area contributed by atoms with Crippen molar-refractivity contribution in [2.24, 2.45) is 11.7 Å². The smallest absolute Gasteiger partial charge is 0.220 e. The number of hydrogen-bond donors (Lipinski definition) is 2. The van der Waals surface area contributed by atoms with Crippen LogP contribution in [0, 0.1) is 5.92 Å². The molecule has 0 heterocycles. The van der Waals surface area contributed by atoms with Gasteiger partial charge in [-0.2, -0.15) is 0 Å². The van der Waals surface area contributed by atoms with E-state index in [4.69, 9.17) is 5.73 Å². The Morgan fingerprint density at radius 2 is 2.06 bits per heavy atom. The lowest BCUT2D eigenvalue weighted by atomic mass is 9.83. The van der Waals surface area contributed by atoms with E-state index >= 15 is 0 Å². The molecule has 0 radical (unpaired) electrons. The van der Waals surface area contributed by atoms with E-state index in [9.17, 15) is 4.79 Å². The van der Waals surface area contributed by atoms with Gasteiger partial charge in [-0.05, 0) is 38.1 Å². The van der Waals surface area contributed by atoms with Crippen LogP contribution in [0.1, 0.15) is 58.3 Å². The first kappa shape index (κ1) is 13.5. The lowest BCUT2D eigenvalue weighted by Crippen LogP contribution is -2.40. The molecule has 94 valence electrons. The highest BCUT2D eigenvalue weighted by Crippen LogP contribution is 2.27. The summed E-state index contributed by atoms with van der Waals surface area (Å²) in [6.45, 7) is 2.77. The second kappa shape index (κ2) is 7.66. The van der Waals surface area contributed by atoms with E-state index in [1.807, 2.05) is 0 Å². The minimum atomic E-state index is 0.183. The summed E-state index contributed by atoms with van der Waals surface area (Å²) in [5, 5.41) is 3.18. The predicted octanol–water partition coefficient (Wildman–Crippen LogP) is 2.20. The Morgan fingerprint density at radius 3 is 2.62 bits per heavy atom. The zero-order valence-corrected chi connectivity index (χ0v) is 10.5. The quantitative estimate of drug-likeness (QED) is 0.729. The highest BCUT2D eigenvalue weighted by Gasteiger charge is 2.23. The van der Waals surface area contributed by atoms with Crippen LogP contribution in [0.3, 0.4) is 0 Å². The molecule has 0 aromatic rings. The molecular formula is C13H26N2O. The fraction of sp³-hybridized carbons (Fsp3) is 0.923. The van der Waals surface area contributed by atoms with Gasteiger partial charge >= 0.3 is 0 Å². The topological polar surface area (TPSA) is 55.1 Å². The maximum absolute atomic E-state index is 11.6. The van der Waals surface area contributed by atoms with Crippen LogP contribution in [0.15, 0.2) is 0 Å². The number of nitrogens with two attached hydrogens (primary N) is 1. The lowest BCUT2D eigenvalue weighted by Gasteiger charge is -2.30. The average molecular weight is 226 g/mol. The van der Waals surface area contributed by atoms with Crippen LogP contribution in [0.2, 0.25) is 0 Å². The fourth-order valence-electron chi connectivity index (χ4n) is 2.63. The molecule has 3 N–H and O–H groups in total. The summed E-state index contributed by atoms with van der Waals surface area (Å²) < 4.78 is 0. The summed E-state index contributed by atoms with van der Waals surface area (Å²) in [7, 11) is 0. The van der Waals surface area contributed by atoms with Crippen molar-refractivity contribution in [3.8, 4) is 0 Å². The normalized spacial score (nSPS) is 19.4. The first-order valence-corrected chi connectivity index (χ1v) is 6.77. The van der Waals surface area contributed by atoms with Crippen molar-refractivity contribution in [2.75, 3.05) is 6.54 Å². The number of carbonyl (C=O) groups is 1. The molecule has 1 saturated carbocycles. The Hall–Kier alpha value is -0.570. The molecule has 1 rings (SSSR count). The fourth-order valence-corrected chi connectivity index (χ4v) is 2.63. The van der Waals surface area contributed by atoms with E-state index < -0.39 is 0 Å². The van der Waals surface area contributed by atoms with Gasteiger partial charge in [0.15, 0.2) is 0 Å². The van der Waals surface area contributed by atoms with Crippen molar-refractivity contribution in [2.45, 2.75) is 64.3 Å². The van der Waals surface area contributed by atoms with Crippen LogP contribution in [0.5, 0.6) is 0 Å². The number of nitrogens with one attached hydrogen (secondary N) is 1. The van der Waals surface area contributed by atoms with Gasteiger partial charge < -0.3 is 11.1 Å². The van der Waals surface area contributed by atoms with Crippen LogP contribution >= 0.6 is 0 Å². The Balaban J connectivity index is 2.32. The summed E-state index contributed by atoms with van der Waals surface area (Å²) in [6.07, 6.45) is 9.05. The molecule has 1 atom stereocenters. The number of amides is 1. The molecule has 1 amide bonds. The van der Waals surface area contributed by atoms with Crippen molar-refractivity contribution in [1.29, 1.82) is 0 Å². The van der Waals surface area contributed by atoms with Gasteiger partial charge in [0.05, 0.1) is 0 Å². The summed E-state index contributed by atoms with van der Waals surface area (Å²) >= 11 is 0. The van der Waals surface area contributed by atoms with Crippen LogP contribution in [-0.2, 0) is 4.79 Å². The Kier molecular flexibility index (Phi) is 6.46. The van der Waals surface area contributed by atoms with E-state index in [1.165, 1.54) is 32.1 Å². The van der Waals surface area contributed by atoms with Gasteiger partial charge in [-0.1, -0.05) is 26.2 Å². The molecule has 1 fully saturated rings. The van der Waals surface area contributed by atoms with E-state index in [0.717, 1.165) is 12.8 Å². The summed E-state index contributed by atoms with van der Waals surface area (Å²) in [5.41, 5.74) is 5.40. The molecule has 16 heavy (non-hydrogen) atoms. The summed E-state index contributed by atoms with van der Waals surface area (Å²) in [4.78, 5) is 11.6. The Bertz CT molecular complexity index is 200. The Morgan fingerprint density at radius 1 is 1.38 bits per heavy atom. The second-order valence-corrected chi connectivity index (χ2v) is 4.87. The highest BCUT2D eigenvalue weighted by molar-refractivity contribution is 5.76.